The van der Waals surface area contributed by atoms with Crippen LogP contribution in [-0.4, -0.2) is 17.8 Å². The summed E-state index contributed by atoms with van der Waals surface area (Å²) in [7, 11) is 0. The van der Waals surface area contributed by atoms with Crippen LogP contribution in [0.4, 0.5) is 4.79 Å². The highest BCUT2D eigenvalue weighted by Crippen LogP contribution is 2.32. The van der Waals surface area contributed by atoms with Crippen LogP contribution in [0.5, 0.6) is 11.5 Å². The molecule has 0 atom stereocenters. The van der Waals surface area contributed by atoms with E-state index in [0.717, 1.165) is 22.9 Å². The molecule has 0 bridgehead atoms. The van der Waals surface area contributed by atoms with E-state index in [1.54, 1.807) is 24.3 Å². The van der Waals surface area contributed by atoms with Crippen molar-refractivity contribution in [3.05, 3.63) is 63.5 Å². The Kier molecular flexibility index (Phi) is 5.85. The second-order valence-corrected chi connectivity index (χ2v) is 6.79. The highest BCUT2D eigenvalue weighted by Gasteiger charge is 2.25. The van der Waals surface area contributed by atoms with Crippen LogP contribution in [0.25, 0.3) is 6.08 Å². The number of nitrogens with one attached hydrogen (secondary N) is 1. The van der Waals surface area contributed by atoms with Gasteiger partial charge in [-0.3, -0.25) is 14.9 Å². The van der Waals surface area contributed by atoms with Gasteiger partial charge in [0.15, 0.2) is 11.5 Å². The summed E-state index contributed by atoms with van der Waals surface area (Å²) < 4.78 is 11.5. The third kappa shape index (κ3) is 4.39. The van der Waals surface area contributed by atoms with E-state index in [0.29, 0.717) is 34.6 Å². The first-order chi connectivity index (χ1) is 12.6. The van der Waals surface area contributed by atoms with Gasteiger partial charge in [0.1, 0.15) is 6.61 Å². The van der Waals surface area contributed by atoms with Gasteiger partial charge < -0.3 is 9.47 Å². The van der Waals surface area contributed by atoms with Crippen molar-refractivity contribution in [2.75, 3.05) is 6.61 Å². The monoisotopic (exact) mass is 389 g/mol. The van der Waals surface area contributed by atoms with Gasteiger partial charge in [0.2, 0.25) is 0 Å². The van der Waals surface area contributed by atoms with Crippen molar-refractivity contribution < 1.29 is 19.1 Å². The lowest BCUT2D eigenvalue weighted by molar-refractivity contribution is -0.115. The van der Waals surface area contributed by atoms with Crippen molar-refractivity contribution in [3.8, 4) is 11.5 Å². The molecule has 134 valence electrons. The number of rotatable bonds is 6. The van der Waals surface area contributed by atoms with Crippen molar-refractivity contribution in [2.45, 2.75) is 13.5 Å². The van der Waals surface area contributed by atoms with Gasteiger partial charge in [0, 0.05) is 10.6 Å². The summed E-state index contributed by atoms with van der Waals surface area (Å²) in [5, 5.41) is 2.50. The fourth-order valence-corrected chi connectivity index (χ4v) is 3.22. The second-order valence-electron chi connectivity index (χ2n) is 5.37. The zero-order valence-corrected chi connectivity index (χ0v) is 15.5. The summed E-state index contributed by atoms with van der Waals surface area (Å²) in [6.07, 6.45) is 1.64. The maximum absolute atomic E-state index is 11.7. The van der Waals surface area contributed by atoms with Gasteiger partial charge in [0.05, 0.1) is 11.5 Å². The molecule has 1 aliphatic rings. The third-order valence-corrected chi connectivity index (χ3v) is 4.73. The molecule has 1 heterocycles. The summed E-state index contributed by atoms with van der Waals surface area (Å²) in [5.74, 6) is 0.745. The number of ether oxygens (including phenoxy) is 2. The van der Waals surface area contributed by atoms with Crippen molar-refractivity contribution in [1.82, 2.24) is 5.32 Å². The largest absolute Gasteiger partial charge is 0.490 e. The van der Waals surface area contributed by atoms with E-state index < -0.39 is 5.91 Å². The Bertz CT molecular complexity index is 882. The number of carbonyl (C=O) groups excluding carboxylic acids is 2. The fourth-order valence-electron chi connectivity index (χ4n) is 2.35. The molecule has 2 amide bonds. The molecule has 5 nitrogen and oxygen atoms in total. The quantitative estimate of drug-likeness (QED) is 0.729. The molecule has 0 aliphatic carbocycles. The molecule has 0 aromatic heterocycles. The molecular weight excluding hydrogens is 374 g/mol. The fraction of sp³-hybridized carbons (Fsp3) is 0.158. The van der Waals surface area contributed by atoms with E-state index in [1.165, 1.54) is 0 Å². The summed E-state index contributed by atoms with van der Waals surface area (Å²) in [5.41, 5.74) is 1.62. The van der Waals surface area contributed by atoms with Crippen LogP contribution in [0.2, 0.25) is 5.02 Å². The number of hydrogen-bond acceptors (Lipinski definition) is 5. The van der Waals surface area contributed by atoms with Crippen LogP contribution in [0, 0.1) is 0 Å². The molecule has 26 heavy (non-hydrogen) atoms. The molecule has 0 saturated carbocycles. The maximum atomic E-state index is 11.7. The Balaban J connectivity index is 1.80. The molecule has 7 heteroatoms. The molecule has 1 aliphatic heterocycles. The van der Waals surface area contributed by atoms with E-state index in [-0.39, 0.29) is 5.24 Å². The Morgan fingerprint density at radius 2 is 1.92 bits per heavy atom. The molecule has 0 spiro atoms. The standard InChI is InChI=1S/C19H16ClNO4S/c1-2-24-16-9-12(10-17-18(22)21-19(23)26-17)7-8-15(16)25-11-13-5-3-4-6-14(13)20/h3-10H,2,11H2,1H3,(H,21,22,23)/b17-10-. The van der Waals surface area contributed by atoms with Crippen LogP contribution in [0.15, 0.2) is 47.4 Å². The van der Waals surface area contributed by atoms with Gasteiger partial charge in [-0.1, -0.05) is 35.9 Å². The van der Waals surface area contributed by atoms with Crippen molar-refractivity contribution in [2.24, 2.45) is 0 Å². The number of benzene rings is 2. The van der Waals surface area contributed by atoms with Crippen molar-refractivity contribution >= 4 is 40.6 Å². The van der Waals surface area contributed by atoms with Gasteiger partial charge >= 0.3 is 0 Å². The minimum absolute atomic E-state index is 0.312. The molecule has 1 saturated heterocycles. The Morgan fingerprint density at radius 1 is 1.12 bits per heavy atom. The van der Waals surface area contributed by atoms with E-state index in [9.17, 15) is 9.59 Å². The average Bonchev–Trinajstić information content (AvgIpc) is 2.93. The summed E-state index contributed by atoms with van der Waals surface area (Å²) in [6, 6.07) is 12.8. The lowest BCUT2D eigenvalue weighted by atomic mass is 10.2. The molecular formula is C19H16ClNO4S. The highest BCUT2D eigenvalue weighted by molar-refractivity contribution is 8.18. The first-order valence-corrected chi connectivity index (χ1v) is 9.14. The Morgan fingerprint density at radius 3 is 2.62 bits per heavy atom. The molecule has 1 fully saturated rings. The van der Waals surface area contributed by atoms with E-state index in [2.05, 4.69) is 5.32 Å². The minimum Gasteiger partial charge on any atom is -0.490 e. The van der Waals surface area contributed by atoms with Crippen molar-refractivity contribution in [1.29, 1.82) is 0 Å². The molecule has 1 N–H and O–H groups in total. The van der Waals surface area contributed by atoms with Crippen molar-refractivity contribution in [3.63, 3.8) is 0 Å². The molecule has 2 aromatic carbocycles. The zero-order chi connectivity index (χ0) is 18.5. The maximum Gasteiger partial charge on any atom is 0.290 e. The van der Waals surface area contributed by atoms with E-state index >= 15 is 0 Å². The van der Waals surface area contributed by atoms with Gasteiger partial charge in [0.25, 0.3) is 11.1 Å². The van der Waals surface area contributed by atoms with E-state index in [4.69, 9.17) is 21.1 Å². The lowest BCUT2D eigenvalue weighted by Gasteiger charge is -2.13. The van der Waals surface area contributed by atoms with Gasteiger partial charge in [-0.15, -0.1) is 0 Å². The van der Waals surface area contributed by atoms with Gasteiger partial charge in [-0.25, -0.2) is 0 Å². The van der Waals surface area contributed by atoms with Crippen LogP contribution >= 0.6 is 23.4 Å². The third-order valence-electron chi connectivity index (χ3n) is 3.55. The van der Waals surface area contributed by atoms with Crippen LogP contribution in [-0.2, 0) is 11.4 Å². The summed E-state index contributed by atoms with van der Waals surface area (Å²) in [4.78, 5) is 23.3. The molecule has 3 rings (SSSR count). The van der Waals surface area contributed by atoms with Gasteiger partial charge in [-0.05, 0) is 48.5 Å². The van der Waals surface area contributed by atoms with E-state index in [1.807, 2.05) is 31.2 Å². The SMILES string of the molecule is CCOc1cc(/C=C2\SC(=O)NC2=O)ccc1OCc1ccccc1Cl. The topological polar surface area (TPSA) is 64.6 Å². The second kappa shape index (κ2) is 8.29. The first-order valence-electron chi connectivity index (χ1n) is 7.94. The predicted molar refractivity (Wildman–Crippen MR) is 103 cm³/mol. The smallest absolute Gasteiger partial charge is 0.290 e. The summed E-state index contributed by atoms with van der Waals surface area (Å²) >= 11 is 7.03. The number of carbonyl (C=O) groups is 2. The van der Waals surface area contributed by atoms with Crippen LogP contribution < -0.4 is 14.8 Å². The molecule has 0 unspecified atom stereocenters. The number of hydrogen-bond donors (Lipinski definition) is 1. The normalized spacial score (nSPS) is 15.2. The highest BCUT2D eigenvalue weighted by atomic mass is 35.5. The van der Waals surface area contributed by atoms with Crippen LogP contribution in [0.3, 0.4) is 0 Å². The molecule has 0 radical (unpaired) electrons. The Hall–Kier alpha value is -2.44. The Labute approximate surface area is 160 Å². The number of amides is 2. The average molecular weight is 390 g/mol. The molecule has 2 aromatic rings. The number of thioether (sulfide) groups is 1. The predicted octanol–water partition coefficient (Wildman–Crippen LogP) is 4.64. The minimum atomic E-state index is -0.392. The number of imide groups is 1. The lowest BCUT2D eigenvalue weighted by Crippen LogP contribution is -2.17. The summed E-state index contributed by atoms with van der Waals surface area (Å²) in [6.45, 7) is 2.66. The number of halogens is 1. The zero-order valence-electron chi connectivity index (χ0n) is 14.0. The van der Waals surface area contributed by atoms with Gasteiger partial charge in [-0.2, -0.15) is 0 Å². The van der Waals surface area contributed by atoms with Crippen LogP contribution in [0.1, 0.15) is 18.1 Å². The first kappa shape index (κ1) is 18.4.